The van der Waals surface area contributed by atoms with Crippen LogP contribution in [-0.4, -0.2) is 65.3 Å². The Hall–Kier alpha value is -0.460. The van der Waals surface area contributed by atoms with Crippen molar-refractivity contribution in [3.05, 3.63) is 0 Å². The maximum atomic E-state index is 12.3. The van der Waals surface area contributed by atoms with Gasteiger partial charge >= 0.3 is 0 Å². The Bertz CT molecular complexity index is 414. The Balaban J connectivity index is 0.00000264. The van der Waals surface area contributed by atoms with Gasteiger partial charge in [-0.1, -0.05) is 13.8 Å². The molecule has 2 amide bonds. The standard InChI is InChI=1S/C16H29N3O2S.ClH/c1-16(2)12-19(9-6-13(16)17)15(21)11-22-10-14(20)18-7-4-3-5-8-18;/h13H,3-12,17H2,1-2H3;1H. The number of nitrogens with zero attached hydrogens (tertiary/aromatic N) is 2. The molecular formula is C16H30ClN3O2S. The zero-order valence-corrected chi connectivity index (χ0v) is 15.9. The quantitative estimate of drug-likeness (QED) is 0.826. The number of carbonyl (C=O) groups is 2. The Kier molecular flexibility index (Phi) is 8.18. The van der Waals surface area contributed by atoms with Crippen LogP contribution in [0.1, 0.15) is 39.5 Å². The van der Waals surface area contributed by atoms with Crippen LogP contribution in [0, 0.1) is 5.41 Å². The summed E-state index contributed by atoms with van der Waals surface area (Å²) in [6.07, 6.45) is 4.30. The van der Waals surface area contributed by atoms with E-state index in [1.54, 1.807) is 0 Å². The molecular weight excluding hydrogens is 334 g/mol. The van der Waals surface area contributed by atoms with Crippen LogP contribution in [0.15, 0.2) is 0 Å². The zero-order valence-electron chi connectivity index (χ0n) is 14.3. The van der Waals surface area contributed by atoms with Crippen LogP contribution < -0.4 is 5.73 Å². The first-order valence-electron chi connectivity index (χ1n) is 8.29. The van der Waals surface area contributed by atoms with Crippen LogP contribution >= 0.6 is 24.2 Å². The number of hydrogen-bond acceptors (Lipinski definition) is 4. The fourth-order valence-corrected chi connectivity index (χ4v) is 3.95. The SMILES string of the molecule is CC1(C)CN(C(=O)CSCC(=O)N2CCCCC2)CCC1N.Cl. The second kappa shape index (κ2) is 9.14. The first-order chi connectivity index (χ1) is 10.4. The number of thioether (sulfide) groups is 1. The summed E-state index contributed by atoms with van der Waals surface area (Å²) in [5.74, 6) is 1.13. The average Bonchev–Trinajstić information content (AvgIpc) is 2.50. The summed E-state index contributed by atoms with van der Waals surface area (Å²) < 4.78 is 0. The molecule has 5 nitrogen and oxygen atoms in total. The minimum absolute atomic E-state index is 0. The highest BCUT2D eigenvalue weighted by Gasteiger charge is 2.35. The van der Waals surface area contributed by atoms with Crippen molar-refractivity contribution < 1.29 is 9.59 Å². The topological polar surface area (TPSA) is 66.6 Å². The van der Waals surface area contributed by atoms with E-state index in [0.29, 0.717) is 18.1 Å². The Morgan fingerprint density at radius 3 is 2.17 bits per heavy atom. The summed E-state index contributed by atoms with van der Waals surface area (Å²) in [7, 11) is 0. The zero-order chi connectivity index (χ0) is 16.2. The second-order valence-corrected chi connectivity index (χ2v) is 8.12. The molecule has 2 aliphatic rings. The van der Waals surface area contributed by atoms with Crippen molar-refractivity contribution in [1.82, 2.24) is 9.80 Å². The molecule has 0 aromatic rings. The number of amides is 2. The van der Waals surface area contributed by atoms with Gasteiger partial charge in [0.1, 0.15) is 0 Å². The van der Waals surface area contributed by atoms with E-state index in [1.807, 2.05) is 9.80 Å². The maximum Gasteiger partial charge on any atom is 0.232 e. The fraction of sp³-hybridized carbons (Fsp3) is 0.875. The third-order valence-electron chi connectivity index (χ3n) is 4.82. The van der Waals surface area contributed by atoms with E-state index in [1.165, 1.54) is 18.2 Å². The minimum Gasteiger partial charge on any atom is -0.342 e. The van der Waals surface area contributed by atoms with E-state index in [4.69, 9.17) is 5.73 Å². The third kappa shape index (κ3) is 5.84. The van der Waals surface area contributed by atoms with Crippen LogP contribution in [0.3, 0.4) is 0 Å². The van der Waals surface area contributed by atoms with Crippen LogP contribution in [0.4, 0.5) is 0 Å². The molecule has 0 spiro atoms. The lowest BCUT2D eigenvalue weighted by atomic mass is 9.80. The van der Waals surface area contributed by atoms with Gasteiger partial charge in [-0.15, -0.1) is 24.2 Å². The summed E-state index contributed by atoms with van der Waals surface area (Å²) in [6.45, 7) is 7.45. The average molecular weight is 364 g/mol. The molecule has 7 heteroatoms. The molecule has 0 aliphatic carbocycles. The van der Waals surface area contributed by atoms with Gasteiger partial charge in [0.25, 0.3) is 0 Å². The normalized spacial score (nSPS) is 24.0. The van der Waals surface area contributed by atoms with Crippen molar-refractivity contribution in [1.29, 1.82) is 0 Å². The van der Waals surface area contributed by atoms with E-state index in [-0.39, 0.29) is 35.7 Å². The van der Waals surface area contributed by atoms with Gasteiger partial charge in [0.2, 0.25) is 11.8 Å². The number of carbonyl (C=O) groups excluding carboxylic acids is 2. The monoisotopic (exact) mass is 363 g/mol. The van der Waals surface area contributed by atoms with Gasteiger partial charge in [0, 0.05) is 32.2 Å². The maximum absolute atomic E-state index is 12.3. The van der Waals surface area contributed by atoms with Crippen LogP contribution in [0.25, 0.3) is 0 Å². The molecule has 2 N–H and O–H groups in total. The molecule has 0 saturated carbocycles. The van der Waals surface area contributed by atoms with Crippen molar-refractivity contribution in [2.75, 3.05) is 37.7 Å². The van der Waals surface area contributed by atoms with Gasteiger partial charge < -0.3 is 15.5 Å². The highest BCUT2D eigenvalue weighted by atomic mass is 35.5. The molecule has 0 bridgehead atoms. The summed E-state index contributed by atoms with van der Waals surface area (Å²) in [4.78, 5) is 28.2. The molecule has 0 aromatic carbocycles. The lowest BCUT2D eigenvalue weighted by Gasteiger charge is -2.42. The van der Waals surface area contributed by atoms with Crippen LogP contribution in [0.5, 0.6) is 0 Å². The van der Waals surface area contributed by atoms with Gasteiger partial charge in [-0.3, -0.25) is 9.59 Å². The summed E-state index contributed by atoms with van der Waals surface area (Å²) >= 11 is 1.44. The summed E-state index contributed by atoms with van der Waals surface area (Å²) in [6, 6.07) is 0.157. The largest absolute Gasteiger partial charge is 0.342 e. The molecule has 1 unspecified atom stereocenters. The van der Waals surface area contributed by atoms with Crippen molar-refractivity contribution in [2.45, 2.75) is 45.6 Å². The molecule has 0 aromatic heterocycles. The van der Waals surface area contributed by atoms with E-state index in [9.17, 15) is 9.59 Å². The second-order valence-electron chi connectivity index (χ2n) is 7.13. The lowest BCUT2D eigenvalue weighted by Crippen LogP contribution is -2.54. The smallest absolute Gasteiger partial charge is 0.232 e. The minimum atomic E-state index is -0.0256. The lowest BCUT2D eigenvalue weighted by molar-refractivity contribution is -0.131. The van der Waals surface area contributed by atoms with E-state index in [2.05, 4.69) is 13.8 Å². The van der Waals surface area contributed by atoms with E-state index in [0.717, 1.165) is 38.9 Å². The fourth-order valence-electron chi connectivity index (χ4n) is 3.14. The van der Waals surface area contributed by atoms with E-state index < -0.39 is 0 Å². The van der Waals surface area contributed by atoms with E-state index >= 15 is 0 Å². The first-order valence-corrected chi connectivity index (χ1v) is 9.44. The number of hydrogen-bond donors (Lipinski definition) is 1. The number of likely N-dealkylation sites (tertiary alicyclic amines) is 2. The first kappa shape index (κ1) is 20.6. The molecule has 2 fully saturated rings. The summed E-state index contributed by atoms with van der Waals surface area (Å²) in [5, 5.41) is 0. The number of piperidine rings is 2. The predicted octanol–water partition coefficient (Wildman–Crippen LogP) is 1.74. The van der Waals surface area contributed by atoms with Crippen LogP contribution in [0.2, 0.25) is 0 Å². The molecule has 134 valence electrons. The number of nitrogens with two attached hydrogens (primary N) is 1. The molecule has 2 rings (SSSR count). The van der Waals surface area contributed by atoms with Gasteiger partial charge in [-0.25, -0.2) is 0 Å². The highest BCUT2D eigenvalue weighted by molar-refractivity contribution is 8.00. The number of rotatable bonds is 4. The van der Waals surface area contributed by atoms with Crippen molar-refractivity contribution in [3.8, 4) is 0 Å². The van der Waals surface area contributed by atoms with Crippen molar-refractivity contribution in [2.24, 2.45) is 11.1 Å². The number of halogens is 1. The molecule has 2 heterocycles. The molecule has 2 saturated heterocycles. The van der Waals surface area contributed by atoms with Gasteiger partial charge in [-0.05, 0) is 31.1 Å². The van der Waals surface area contributed by atoms with Crippen LogP contribution in [-0.2, 0) is 9.59 Å². The van der Waals surface area contributed by atoms with Crippen molar-refractivity contribution >= 4 is 36.0 Å². The van der Waals surface area contributed by atoms with Gasteiger partial charge in [-0.2, -0.15) is 0 Å². The van der Waals surface area contributed by atoms with Gasteiger partial charge in [0.15, 0.2) is 0 Å². The molecule has 23 heavy (non-hydrogen) atoms. The Labute approximate surface area is 150 Å². The van der Waals surface area contributed by atoms with Gasteiger partial charge in [0.05, 0.1) is 11.5 Å². The third-order valence-corrected chi connectivity index (χ3v) is 5.73. The summed E-state index contributed by atoms with van der Waals surface area (Å²) in [5.41, 5.74) is 6.08. The molecule has 2 aliphatic heterocycles. The predicted molar refractivity (Wildman–Crippen MR) is 98.0 cm³/mol. The highest BCUT2D eigenvalue weighted by Crippen LogP contribution is 2.28. The van der Waals surface area contributed by atoms with Crippen molar-refractivity contribution in [3.63, 3.8) is 0 Å². The molecule has 0 radical (unpaired) electrons. The Morgan fingerprint density at radius 2 is 1.61 bits per heavy atom. The Morgan fingerprint density at radius 1 is 1.04 bits per heavy atom. The molecule has 1 atom stereocenters.